The zero-order valence-corrected chi connectivity index (χ0v) is 10.7. The second kappa shape index (κ2) is 4.77. The van der Waals surface area contributed by atoms with Crippen LogP contribution in [0.1, 0.15) is 22.0 Å². The molecule has 1 aliphatic heterocycles. The summed E-state index contributed by atoms with van der Waals surface area (Å²) in [5.74, 6) is -0.149. The van der Waals surface area contributed by atoms with Gasteiger partial charge in [-0.05, 0) is 24.3 Å². The number of fused-ring (bicyclic) bond motifs is 1. The number of para-hydroxylation sites is 1. The van der Waals surface area contributed by atoms with Crippen LogP contribution >= 0.6 is 0 Å². The number of carboxylic acids is 1. The molecule has 1 aliphatic rings. The van der Waals surface area contributed by atoms with Gasteiger partial charge in [-0.1, -0.05) is 18.2 Å². The molecule has 5 nitrogen and oxygen atoms in total. The molecule has 20 heavy (non-hydrogen) atoms. The summed E-state index contributed by atoms with van der Waals surface area (Å²) < 4.78 is 5.59. The van der Waals surface area contributed by atoms with E-state index in [0.717, 1.165) is 17.0 Å². The van der Waals surface area contributed by atoms with Gasteiger partial charge in [0.2, 0.25) is 0 Å². The Kier molecular flexibility index (Phi) is 2.95. The number of ether oxygens (including phenoxy) is 1. The summed E-state index contributed by atoms with van der Waals surface area (Å²) in [6, 6.07) is 12.7. The molecule has 0 spiro atoms. The Bertz CT molecular complexity index is 670. The Labute approximate surface area is 116 Å². The Morgan fingerprint density at radius 1 is 1.30 bits per heavy atom. The monoisotopic (exact) mass is 270 g/mol. The molecule has 1 atom stereocenters. The van der Waals surface area contributed by atoms with Crippen LogP contribution in [-0.4, -0.2) is 17.7 Å². The Morgan fingerprint density at radius 2 is 2.10 bits per heavy atom. The molecule has 2 aromatic carbocycles. The van der Waals surface area contributed by atoms with Crippen LogP contribution in [0.2, 0.25) is 0 Å². The van der Waals surface area contributed by atoms with Crippen LogP contribution in [0, 0.1) is 0 Å². The van der Waals surface area contributed by atoms with Gasteiger partial charge in [0.25, 0.3) is 0 Å². The molecule has 1 unspecified atom stereocenters. The Balaban J connectivity index is 1.83. The molecule has 3 rings (SSSR count). The van der Waals surface area contributed by atoms with Crippen molar-refractivity contribution in [1.29, 1.82) is 0 Å². The topological polar surface area (TPSA) is 84.6 Å². The smallest absolute Gasteiger partial charge is 0.337 e. The Morgan fingerprint density at radius 3 is 2.85 bits per heavy atom. The van der Waals surface area contributed by atoms with Gasteiger partial charge in [0.05, 0.1) is 11.6 Å². The third-order valence-electron chi connectivity index (χ3n) is 3.32. The first-order chi connectivity index (χ1) is 9.65. The predicted octanol–water partition coefficient (Wildman–Crippen LogP) is 2.51. The van der Waals surface area contributed by atoms with E-state index in [1.807, 2.05) is 24.3 Å². The lowest BCUT2D eigenvalue weighted by atomic mass is 10.1. The van der Waals surface area contributed by atoms with Gasteiger partial charge in [-0.25, -0.2) is 4.79 Å². The van der Waals surface area contributed by atoms with Crippen LogP contribution < -0.4 is 15.8 Å². The van der Waals surface area contributed by atoms with E-state index in [2.05, 4.69) is 5.32 Å². The van der Waals surface area contributed by atoms with Crippen molar-refractivity contribution in [1.82, 2.24) is 0 Å². The number of hydrogen-bond donors (Lipinski definition) is 3. The van der Waals surface area contributed by atoms with Crippen LogP contribution in [0.5, 0.6) is 5.75 Å². The second-order valence-electron chi connectivity index (χ2n) is 4.65. The van der Waals surface area contributed by atoms with Crippen molar-refractivity contribution in [2.24, 2.45) is 0 Å². The molecule has 0 radical (unpaired) electrons. The summed E-state index contributed by atoms with van der Waals surface area (Å²) >= 11 is 0. The third-order valence-corrected chi connectivity index (χ3v) is 3.32. The molecule has 0 aliphatic carbocycles. The Hall–Kier alpha value is -2.69. The van der Waals surface area contributed by atoms with Crippen molar-refractivity contribution in [3.63, 3.8) is 0 Å². The minimum atomic E-state index is -1.02. The molecule has 0 fully saturated rings. The van der Waals surface area contributed by atoms with E-state index in [0.29, 0.717) is 6.61 Å². The zero-order chi connectivity index (χ0) is 14.1. The zero-order valence-electron chi connectivity index (χ0n) is 10.7. The molecular formula is C15H14N2O3. The normalized spacial score (nSPS) is 16.3. The van der Waals surface area contributed by atoms with Gasteiger partial charge in [0.1, 0.15) is 12.4 Å². The first kappa shape index (κ1) is 12.3. The van der Waals surface area contributed by atoms with Crippen molar-refractivity contribution >= 4 is 17.3 Å². The summed E-state index contributed by atoms with van der Waals surface area (Å²) in [5, 5.41) is 12.3. The average molecular weight is 270 g/mol. The van der Waals surface area contributed by atoms with Gasteiger partial charge in [-0.15, -0.1) is 0 Å². The molecule has 0 amide bonds. The molecule has 2 aromatic rings. The number of carbonyl (C=O) groups is 1. The minimum Gasteiger partial charge on any atom is -0.491 e. The third kappa shape index (κ3) is 2.14. The van der Waals surface area contributed by atoms with Crippen molar-refractivity contribution in [2.45, 2.75) is 6.04 Å². The fourth-order valence-electron chi connectivity index (χ4n) is 2.33. The predicted molar refractivity (Wildman–Crippen MR) is 76.1 cm³/mol. The van der Waals surface area contributed by atoms with E-state index in [9.17, 15) is 4.79 Å². The van der Waals surface area contributed by atoms with Gasteiger partial charge in [0, 0.05) is 16.9 Å². The summed E-state index contributed by atoms with van der Waals surface area (Å²) in [4.78, 5) is 10.9. The van der Waals surface area contributed by atoms with Crippen molar-refractivity contribution < 1.29 is 14.6 Å². The molecule has 0 saturated carbocycles. The van der Waals surface area contributed by atoms with Crippen LogP contribution in [-0.2, 0) is 0 Å². The van der Waals surface area contributed by atoms with Crippen LogP contribution in [0.3, 0.4) is 0 Å². The molecule has 5 heteroatoms. The van der Waals surface area contributed by atoms with Crippen LogP contribution in [0.25, 0.3) is 0 Å². The minimum absolute atomic E-state index is 0.0429. The highest BCUT2D eigenvalue weighted by atomic mass is 16.5. The van der Waals surface area contributed by atoms with E-state index in [1.54, 1.807) is 12.1 Å². The lowest BCUT2D eigenvalue weighted by Crippen LogP contribution is -2.12. The number of hydrogen-bond acceptors (Lipinski definition) is 4. The van der Waals surface area contributed by atoms with E-state index < -0.39 is 5.97 Å². The summed E-state index contributed by atoms with van der Waals surface area (Å²) in [6.07, 6.45) is 0. The molecule has 0 saturated heterocycles. The fraction of sp³-hybridized carbons (Fsp3) is 0.133. The molecule has 0 bridgehead atoms. The van der Waals surface area contributed by atoms with Gasteiger partial charge >= 0.3 is 5.97 Å². The van der Waals surface area contributed by atoms with Crippen molar-refractivity contribution in [2.75, 3.05) is 17.7 Å². The average Bonchev–Trinajstić information content (AvgIpc) is 2.82. The fourth-order valence-corrected chi connectivity index (χ4v) is 2.33. The molecule has 0 aromatic heterocycles. The first-order valence-corrected chi connectivity index (χ1v) is 6.26. The van der Waals surface area contributed by atoms with Crippen molar-refractivity contribution in [3.05, 3.63) is 53.6 Å². The van der Waals surface area contributed by atoms with E-state index in [4.69, 9.17) is 15.6 Å². The number of carboxylic acid groups (broad SMARTS) is 1. The van der Waals surface area contributed by atoms with Crippen molar-refractivity contribution in [3.8, 4) is 5.75 Å². The molecule has 4 N–H and O–H groups in total. The summed E-state index contributed by atoms with van der Waals surface area (Å²) in [7, 11) is 0. The number of benzene rings is 2. The SMILES string of the molecule is Nc1cc(NC2COc3ccccc32)ccc1C(=O)O. The second-order valence-corrected chi connectivity index (χ2v) is 4.65. The van der Waals surface area contributed by atoms with E-state index >= 15 is 0 Å². The highest BCUT2D eigenvalue weighted by molar-refractivity contribution is 5.94. The van der Waals surface area contributed by atoms with Gasteiger partial charge in [-0.3, -0.25) is 0 Å². The van der Waals surface area contributed by atoms with Gasteiger partial charge < -0.3 is 20.9 Å². The lowest BCUT2D eigenvalue weighted by molar-refractivity contribution is 0.0698. The number of nitrogens with one attached hydrogen (secondary N) is 1. The molecule has 1 heterocycles. The number of nitrogens with two attached hydrogens (primary N) is 1. The van der Waals surface area contributed by atoms with Crippen LogP contribution in [0.4, 0.5) is 11.4 Å². The summed E-state index contributed by atoms with van der Waals surface area (Å²) in [6.45, 7) is 0.542. The number of nitrogen functional groups attached to an aromatic ring is 1. The standard InChI is InChI=1S/C15H14N2O3/c16-12-7-9(5-6-10(12)15(18)19)17-13-8-20-14-4-2-1-3-11(13)14/h1-7,13,17H,8,16H2,(H,18,19). The number of anilines is 2. The highest BCUT2D eigenvalue weighted by Gasteiger charge is 2.23. The lowest BCUT2D eigenvalue weighted by Gasteiger charge is -2.14. The van der Waals surface area contributed by atoms with E-state index in [1.165, 1.54) is 6.07 Å². The molecular weight excluding hydrogens is 256 g/mol. The maximum absolute atomic E-state index is 10.9. The maximum Gasteiger partial charge on any atom is 0.337 e. The first-order valence-electron chi connectivity index (χ1n) is 6.26. The quantitative estimate of drug-likeness (QED) is 0.746. The largest absolute Gasteiger partial charge is 0.491 e. The maximum atomic E-state index is 10.9. The van der Waals surface area contributed by atoms with Gasteiger partial charge in [-0.2, -0.15) is 0 Å². The van der Waals surface area contributed by atoms with Gasteiger partial charge in [0.15, 0.2) is 0 Å². The number of rotatable bonds is 3. The van der Waals surface area contributed by atoms with Crippen LogP contribution in [0.15, 0.2) is 42.5 Å². The van der Waals surface area contributed by atoms with E-state index in [-0.39, 0.29) is 17.3 Å². The number of aromatic carboxylic acids is 1. The summed E-state index contributed by atoms with van der Waals surface area (Å²) in [5.41, 5.74) is 7.96. The molecule has 102 valence electrons. The highest BCUT2D eigenvalue weighted by Crippen LogP contribution is 2.34.